The Hall–Kier alpha value is -2.68. The van der Waals surface area contributed by atoms with E-state index in [4.69, 9.17) is 4.74 Å². The molecule has 0 aliphatic heterocycles. The molecule has 1 aromatic carbocycles. The van der Waals surface area contributed by atoms with Gasteiger partial charge in [0.05, 0.1) is 6.61 Å². The molecule has 6 nitrogen and oxygen atoms in total. The van der Waals surface area contributed by atoms with E-state index >= 15 is 0 Å². The first-order chi connectivity index (χ1) is 12.2. The first kappa shape index (κ1) is 19.6. The monoisotopic (exact) mass is 369 g/mol. The average molecular weight is 369 g/mol. The Morgan fingerprint density at radius 2 is 1.96 bits per heavy atom. The highest BCUT2D eigenvalue weighted by Crippen LogP contribution is 2.29. The predicted molar refractivity (Wildman–Crippen MR) is 86.8 cm³/mol. The van der Waals surface area contributed by atoms with Crippen molar-refractivity contribution in [1.29, 1.82) is 0 Å². The molecule has 0 radical (unpaired) electrons. The molecule has 0 N–H and O–H groups in total. The lowest BCUT2D eigenvalue weighted by Crippen LogP contribution is -2.33. The fraction of sp³-hybridized carbons (Fsp3) is 0.353. The normalized spacial score (nSPS) is 11.4. The van der Waals surface area contributed by atoms with Gasteiger partial charge in [0.1, 0.15) is 0 Å². The number of alkyl halides is 3. The van der Waals surface area contributed by atoms with Crippen LogP contribution in [0.1, 0.15) is 18.4 Å². The van der Waals surface area contributed by atoms with Crippen molar-refractivity contribution in [2.75, 3.05) is 20.3 Å². The molecule has 0 fully saturated rings. The molecule has 0 atom stereocenters. The summed E-state index contributed by atoms with van der Waals surface area (Å²) in [7, 11) is 1.54. The van der Waals surface area contributed by atoms with Crippen molar-refractivity contribution in [3.63, 3.8) is 0 Å². The van der Waals surface area contributed by atoms with Crippen LogP contribution in [0.3, 0.4) is 0 Å². The first-order valence-electron chi connectivity index (χ1n) is 7.66. The largest absolute Gasteiger partial charge is 0.471 e. The van der Waals surface area contributed by atoms with E-state index in [0.29, 0.717) is 30.8 Å². The van der Waals surface area contributed by atoms with Crippen molar-refractivity contribution in [1.82, 2.24) is 15.0 Å². The second-order valence-electron chi connectivity index (χ2n) is 5.62. The van der Waals surface area contributed by atoms with Gasteiger partial charge in [0.2, 0.25) is 11.7 Å². The Balaban J connectivity index is 2.13. The van der Waals surface area contributed by atoms with E-state index in [1.54, 1.807) is 43.2 Å². The summed E-state index contributed by atoms with van der Waals surface area (Å²) in [6.07, 6.45) is -4.68. The number of carbonyl (C=O) groups is 1. The molecule has 0 saturated heterocycles. The number of amides is 1. The number of carbonyl (C=O) groups excluding carboxylic acids is 1. The van der Waals surface area contributed by atoms with Gasteiger partial charge in [-0.3, -0.25) is 4.79 Å². The number of benzene rings is 1. The highest BCUT2D eigenvalue weighted by molar-refractivity contribution is 5.92. The summed E-state index contributed by atoms with van der Waals surface area (Å²) in [5.74, 6) is -1.74. The molecule has 26 heavy (non-hydrogen) atoms. The summed E-state index contributed by atoms with van der Waals surface area (Å²) < 4.78 is 46.8. The first-order valence-corrected chi connectivity index (χ1v) is 7.66. The van der Waals surface area contributed by atoms with Crippen LogP contribution in [0.25, 0.3) is 11.4 Å². The van der Waals surface area contributed by atoms with Crippen LogP contribution in [0.2, 0.25) is 0 Å². The van der Waals surface area contributed by atoms with E-state index in [1.807, 2.05) is 0 Å². The summed E-state index contributed by atoms with van der Waals surface area (Å²) in [5, 5.41) is 3.34. The highest BCUT2D eigenvalue weighted by atomic mass is 19.4. The SMILES string of the molecule is C=C(C)C(=O)N(CCOC)Cc1ccc(-c2noc(C(F)(F)F)n2)cc1. The number of halogens is 3. The van der Waals surface area contributed by atoms with Gasteiger partial charge in [-0.15, -0.1) is 0 Å². The van der Waals surface area contributed by atoms with E-state index in [1.165, 1.54) is 0 Å². The van der Waals surface area contributed by atoms with Gasteiger partial charge >= 0.3 is 12.1 Å². The maximum atomic E-state index is 12.5. The average Bonchev–Trinajstić information content (AvgIpc) is 3.09. The van der Waals surface area contributed by atoms with Gasteiger partial charge in [-0.05, 0) is 12.5 Å². The van der Waals surface area contributed by atoms with Crippen molar-refractivity contribution in [2.45, 2.75) is 19.6 Å². The van der Waals surface area contributed by atoms with Gasteiger partial charge in [-0.25, -0.2) is 0 Å². The molecule has 2 rings (SSSR count). The molecule has 0 saturated carbocycles. The lowest BCUT2D eigenvalue weighted by Gasteiger charge is -2.22. The molecule has 2 aromatic rings. The van der Waals surface area contributed by atoms with Crippen molar-refractivity contribution < 1.29 is 27.2 Å². The highest BCUT2D eigenvalue weighted by Gasteiger charge is 2.38. The Labute approximate surface area is 148 Å². The van der Waals surface area contributed by atoms with Crippen LogP contribution in [0, 0.1) is 0 Å². The molecule has 140 valence electrons. The summed E-state index contributed by atoms with van der Waals surface area (Å²) in [5.41, 5.74) is 1.57. The third-order valence-corrected chi connectivity index (χ3v) is 3.47. The maximum absolute atomic E-state index is 12.5. The number of methoxy groups -OCH3 is 1. The third kappa shape index (κ3) is 4.92. The maximum Gasteiger partial charge on any atom is 0.471 e. The van der Waals surface area contributed by atoms with Crippen LogP contribution in [-0.4, -0.2) is 41.2 Å². The van der Waals surface area contributed by atoms with Crippen LogP contribution in [-0.2, 0) is 22.3 Å². The van der Waals surface area contributed by atoms with Gasteiger partial charge in [0.25, 0.3) is 0 Å². The number of hydrogen-bond acceptors (Lipinski definition) is 5. The number of rotatable bonds is 7. The number of ether oxygens (including phenoxy) is 1. The molecule has 9 heteroatoms. The van der Waals surface area contributed by atoms with Crippen LogP contribution in [0.5, 0.6) is 0 Å². The number of hydrogen-bond donors (Lipinski definition) is 0. The lowest BCUT2D eigenvalue weighted by atomic mass is 10.1. The molecule has 0 spiro atoms. The molecular formula is C17H18F3N3O3. The molecular weight excluding hydrogens is 351 g/mol. The van der Waals surface area contributed by atoms with Crippen molar-refractivity contribution in [3.8, 4) is 11.4 Å². The van der Waals surface area contributed by atoms with Gasteiger partial charge in [0, 0.05) is 31.3 Å². The van der Waals surface area contributed by atoms with Crippen molar-refractivity contribution in [3.05, 3.63) is 47.9 Å². The van der Waals surface area contributed by atoms with Crippen molar-refractivity contribution >= 4 is 5.91 Å². The van der Waals surface area contributed by atoms with Crippen LogP contribution in [0.4, 0.5) is 13.2 Å². The fourth-order valence-corrected chi connectivity index (χ4v) is 2.16. The minimum atomic E-state index is -4.68. The summed E-state index contributed by atoms with van der Waals surface area (Å²) in [6, 6.07) is 6.51. The standard InChI is InChI=1S/C17H18F3N3O3/c1-11(2)15(24)23(8-9-25-3)10-12-4-6-13(7-5-12)14-21-16(26-22-14)17(18,19)20/h4-7H,1,8-10H2,2-3H3. The van der Waals surface area contributed by atoms with Gasteiger partial charge < -0.3 is 14.2 Å². The van der Waals surface area contributed by atoms with Gasteiger partial charge in [-0.1, -0.05) is 36.0 Å². The fourth-order valence-electron chi connectivity index (χ4n) is 2.16. The Morgan fingerprint density at radius 1 is 1.31 bits per heavy atom. The minimum absolute atomic E-state index is 0.155. The quantitative estimate of drug-likeness (QED) is 0.701. The minimum Gasteiger partial charge on any atom is -0.383 e. The van der Waals surface area contributed by atoms with Gasteiger partial charge in [-0.2, -0.15) is 18.2 Å². The molecule has 1 amide bonds. The van der Waals surface area contributed by atoms with E-state index in [9.17, 15) is 18.0 Å². The second kappa shape index (κ2) is 8.13. The summed E-state index contributed by atoms with van der Waals surface area (Å²) in [4.78, 5) is 17.1. The smallest absolute Gasteiger partial charge is 0.383 e. The second-order valence-corrected chi connectivity index (χ2v) is 5.62. The van der Waals surface area contributed by atoms with Gasteiger partial charge in [0.15, 0.2) is 0 Å². The molecule has 1 heterocycles. The topological polar surface area (TPSA) is 68.5 Å². The van der Waals surface area contributed by atoms with Crippen LogP contribution < -0.4 is 0 Å². The number of aromatic nitrogens is 2. The molecule has 1 aromatic heterocycles. The van der Waals surface area contributed by atoms with Crippen LogP contribution in [0.15, 0.2) is 40.9 Å². The zero-order chi connectivity index (χ0) is 19.3. The third-order valence-electron chi connectivity index (χ3n) is 3.47. The Bertz CT molecular complexity index is 770. The Morgan fingerprint density at radius 3 is 2.46 bits per heavy atom. The molecule has 0 unspecified atom stereocenters. The zero-order valence-corrected chi connectivity index (χ0v) is 14.3. The lowest BCUT2D eigenvalue weighted by molar-refractivity contribution is -0.159. The summed E-state index contributed by atoms with van der Waals surface area (Å²) in [6.45, 7) is 6.36. The van der Waals surface area contributed by atoms with Crippen molar-refractivity contribution in [2.24, 2.45) is 0 Å². The van der Waals surface area contributed by atoms with E-state index in [0.717, 1.165) is 5.56 Å². The molecule has 0 bridgehead atoms. The summed E-state index contributed by atoms with van der Waals surface area (Å²) >= 11 is 0. The number of nitrogens with zero attached hydrogens (tertiary/aromatic N) is 3. The van der Waals surface area contributed by atoms with E-state index in [2.05, 4.69) is 21.2 Å². The Kier molecular flexibility index (Phi) is 6.14. The van der Waals surface area contributed by atoms with E-state index in [-0.39, 0.29) is 11.7 Å². The molecule has 0 aliphatic carbocycles. The zero-order valence-electron chi connectivity index (χ0n) is 14.3. The van der Waals surface area contributed by atoms with Crippen LogP contribution >= 0.6 is 0 Å². The van der Waals surface area contributed by atoms with E-state index < -0.39 is 12.1 Å². The predicted octanol–water partition coefficient (Wildman–Crippen LogP) is 3.31. The molecule has 0 aliphatic rings.